The van der Waals surface area contributed by atoms with Gasteiger partial charge in [-0.05, 0) is 11.1 Å². The second-order valence-electron chi connectivity index (χ2n) is 7.88. The van der Waals surface area contributed by atoms with Gasteiger partial charge in [0.15, 0.2) is 5.76 Å². The fourth-order valence-corrected chi connectivity index (χ4v) is 5.86. The van der Waals surface area contributed by atoms with E-state index in [1.165, 1.54) is 0 Å². The Balaban J connectivity index is 1.51. The first-order valence-electron chi connectivity index (χ1n) is 11.3. The van der Waals surface area contributed by atoms with Gasteiger partial charge >= 0.3 is 0 Å². The summed E-state index contributed by atoms with van der Waals surface area (Å²) in [6, 6.07) is 41.1. The van der Waals surface area contributed by atoms with E-state index in [9.17, 15) is 0 Å². The van der Waals surface area contributed by atoms with Gasteiger partial charge in [-0.15, -0.1) is 0 Å². The van der Waals surface area contributed by atoms with E-state index in [0.29, 0.717) is 10.00 Å². The van der Waals surface area contributed by atoms with Gasteiger partial charge in [0.05, 0.1) is 15.4 Å². The molecule has 0 fully saturated rings. The van der Waals surface area contributed by atoms with Crippen LogP contribution in [-0.2, 0) is 0 Å². The van der Waals surface area contributed by atoms with Gasteiger partial charge in [-0.2, -0.15) is 4.99 Å². The normalized spacial score (nSPS) is 11.6. The molecular weight excluding hydrogens is 468 g/mol. The molecule has 2 heterocycles. The first-order chi connectivity index (χ1) is 17.3. The highest BCUT2D eigenvalue weighted by atomic mass is 32.1. The minimum absolute atomic E-state index is 0.579. The van der Waals surface area contributed by atoms with Crippen molar-refractivity contribution in [2.75, 3.05) is 0 Å². The van der Waals surface area contributed by atoms with E-state index in [4.69, 9.17) is 14.4 Å². The first-order valence-corrected chi connectivity index (χ1v) is 12.9. The van der Waals surface area contributed by atoms with E-state index in [1.807, 2.05) is 72.8 Å². The van der Waals surface area contributed by atoms with Crippen molar-refractivity contribution in [3.63, 3.8) is 0 Å². The highest BCUT2D eigenvalue weighted by Crippen LogP contribution is 2.40. The van der Waals surface area contributed by atoms with Crippen molar-refractivity contribution in [1.29, 1.82) is 0 Å². The van der Waals surface area contributed by atoms with Crippen LogP contribution in [0.5, 0.6) is 0 Å². The molecule has 4 aromatic carbocycles. The minimum atomic E-state index is 0.579. The van der Waals surface area contributed by atoms with Crippen LogP contribution in [0.4, 0.5) is 5.13 Å². The molecule has 0 radical (unpaired) electrons. The number of hydrogen-bond donors (Lipinski definition) is 0. The van der Waals surface area contributed by atoms with Gasteiger partial charge in [0, 0.05) is 11.1 Å². The van der Waals surface area contributed by atoms with Gasteiger partial charge in [-0.3, -0.25) is 0 Å². The summed E-state index contributed by atoms with van der Waals surface area (Å²) in [7, 11) is 0. The van der Waals surface area contributed by atoms with E-state index in [0.717, 1.165) is 43.5 Å². The average molecular weight is 489 g/mol. The molecule has 0 N–H and O–H groups in total. The summed E-state index contributed by atoms with van der Waals surface area (Å²) in [4.78, 5) is 12.5. The standard InChI is InChI=1S/C30H20N2OS2/c1-5-13-21(14-6-1)25-27(23-17-9-3-10-18-23)34-29(31-25)32-30-33-26(22-15-7-2-8-16-22)28(35-30)24-19-11-4-12-20-24/h1-20H/b32-30-. The molecule has 0 saturated heterocycles. The molecule has 0 spiro atoms. The van der Waals surface area contributed by atoms with E-state index in [-0.39, 0.29) is 0 Å². The van der Waals surface area contributed by atoms with Crippen molar-refractivity contribution in [2.45, 2.75) is 0 Å². The van der Waals surface area contributed by atoms with Crippen LogP contribution >= 0.6 is 22.7 Å². The largest absolute Gasteiger partial charge is 0.429 e. The Kier molecular flexibility index (Phi) is 5.93. The fourth-order valence-electron chi connectivity index (χ4n) is 3.90. The van der Waals surface area contributed by atoms with Crippen LogP contribution < -0.4 is 4.87 Å². The maximum absolute atomic E-state index is 6.34. The van der Waals surface area contributed by atoms with Crippen LogP contribution in [0.3, 0.4) is 0 Å². The monoisotopic (exact) mass is 488 g/mol. The van der Waals surface area contributed by atoms with E-state index in [2.05, 4.69) is 48.5 Å². The summed E-state index contributed by atoms with van der Waals surface area (Å²) in [6.07, 6.45) is 0. The molecule has 0 bridgehead atoms. The molecule has 0 atom stereocenters. The molecule has 0 saturated carbocycles. The summed E-state index contributed by atoms with van der Waals surface area (Å²) < 4.78 is 6.34. The Morgan fingerprint density at radius 2 is 1.00 bits per heavy atom. The van der Waals surface area contributed by atoms with Gasteiger partial charge in [0.1, 0.15) is 0 Å². The smallest absolute Gasteiger partial charge is 0.282 e. The topological polar surface area (TPSA) is 38.4 Å². The van der Waals surface area contributed by atoms with Crippen LogP contribution in [0, 0.1) is 0 Å². The van der Waals surface area contributed by atoms with Gasteiger partial charge in [0.2, 0.25) is 5.13 Å². The van der Waals surface area contributed by atoms with Crippen LogP contribution in [0.2, 0.25) is 0 Å². The number of nitrogens with zero attached hydrogens (tertiary/aromatic N) is 2. The van der Waals surface area contributed by atoms with E-state index < -0.39 is 0 Å². The molecule has 168 valence electrons. The molecule has 2 aromatic heterocycles. The molecule has 6 rings (SSSR count). The predicted octanol–water partition coefficient (Wildman–Crippen LogP) is 8.70. The lowest BCUT2D eigenvalue weighted by Crippen LogP contribution is -1.88. The number of aromatic nitrogens is 1. The number of benzene rings is 4. The van der Waals surface area contributed by atoms with E-state index >= 15 is 0 Å². The summed E-state index contributed by atoms with van der Waals surface area (Å²) in [5.41, 5.74) is 5.27. The highest BCUT2D eigenvalue weighted by molar-refractivity contribution is 7.19. The zero-order valence-corrected chi connectivity index (χ0v) is 20.3. The predicted molar refractivity (Wildman–Crippen MR) is 146 cm³/mol. The molecule has 35 heavy (non-hydrogen) atoms. The molecule has 0 aliphatic heterocycles. The molecule has 3 nitrogen and oxygen atoms in total. The van der Waals surface area contributed by atoms with Crippen molar-refractivity contribution in [3.05, 3.63) is 126 Å². The third-order valence-corrected chi connectivity index (χ3v) is 7.52. The number of thiazole rings is 1. The Hall–Kier alpha value is -4.06. The Labute approximate surface area is 211 Å². The zero-order valence-electron chi connectivity index (χ0n) is 18.7. The third-order valence-electron chi connectivity index (χ3n) is 5.54. The van der Waals surface area contributed by atoms with Crippen LogP contribution in [0.25, 0.3) is 43.5 Å². The highest BCUT2D eigenvalue weighted by Gasteiger charge is 2.17. The van der Waals surface area contributed by atoms with Gasteiger partial charge in [0.25, 0.3) is 4.87 Å². The summed E-state index contributed by atoms with van der Waals surface area (Å²) in [6.45, 7) is 0. The maximum Gasteiger partial charge on any atom is 0.282 e. The number of rotatable bonds is 5. The SMILES string of the molecule is c1ccc(-c2nc(/N=c3/oc(-c4ccccc4)c(-c4ccccc4)s3)sc2-c2ccccc2)cc1. The molecule has 0 unspecified atom stereocenters. The Morgan fingerprint density at radius 3 is 1.57 bits per heavy atom. The third kappa shape index (κ3) is 4.52. The van der Waals surface area contributed by atoms with Crippen molar-refractivity contribution in [2.24, 2.45) is 4.99 Å². The van der Waals surface area contributed by atoms with Crippen molar-refractivity contribution >= 4 is 27.8 Å². The second-order valence-corrected chi connectivity index (χ2v) is 9.82. The van der Waals surface area contributed by atoms with Crippen LogP contribution in [0.15, 0.2) is 131 Å². The van der Waals surface area contributed by atoms with Crippen LogP contribution in [-0.4, -0.2) is 4.98 Å². The average Bonchev–Trinajstić information content (AvgIpc) is 3.56. The zero-order chi connectivity index (χ0) is 23.5. The number of hydrogen-bond acceptors (Lipinski definition) is 5. The van der Waals surface area contributed by atoms with Gasteiger partial charge in [-0.25, -0.2) is 4.98 Å². The lowest BCUT2D eigenvalue weighted by Gasteiger charge is -2.02. The molecule has 0 amide bonds. The summed E-state index contributed by atoms with van der Waals surface area (Å²) >= 11 is 3.12. The lowest BCUT2D eigenvalue weighted by atomic mass is 10.1. The maximum atomic E-state index is 6.34. The lowest BCUT2D eigenvalue weighted by molar-refractivity contribution is 0.539. The summed E-state index contributed by atoms with van der Waals surface area (Å²) in [5.74, 6) is 0.823. The fraction of sp³-hybridized carbons (Fsp3) is 0. The van der Waals surface area contributed by atoms with Gasteiger partial charge < -0.3 is 4.42 Å². The first kappa shape index (κ1) is 21.5. The quantitative estimate of drug-likeness (QED) is 0.243. The Bertz CT molecular complexity index is 1500. The summed E-state index contributed by atoms with van der Waals surface area (Å²) in [5, 5.41) is 0.673. The molecule has 6 aromatic rings. The second kappa shape index (κ2) is 9.66. The molecule has 0 aliphatic rings. The van der Waals surface area contributed by atoms with E-state index in [1.54, 1.807) is 22.7 Å². The van der Waals surface area contributed by atoms with Crippen molar-refractivity contribution in [3.8, 4) is 43.5 Å². The molecular formula is C30H20N2OS2. The Morgan fingerprint density at radius 1 is 0.514 bits per heavy atom. The molecule has 0 aliphatic carbocycles. The molecule has 5 heteroatoms. The van der Waals surface area contributed by atoms with Crippen molar-refractivity contribution < 1.29 is 4.42 Å². The minimum Gasteiger partial charge on any atom is -0.429 e. The van der Waals surface area contributed by atoms with Crippen molar-refractivity contribution in [1.82, 2.24) is 4.98 Å². The van der Waals surface area contributed by atoms with Crippen LogP contribution in [0.1, 0.15) is 0 Å². The van der Waals surface area contributed by atoms with Gasteiger partial charge in [-0.1, -0.05) is 144 Å².